The molecule has 0 saturated heterocycles. The highest BCUT2D eigenvalue weighted by Crippen LogP contribution is 2.29. The van der Waals surface area contributed by atoms with E-state index in [1.165, 1.54) is 6.07 Å². The van der Waals surface area contributed by atoms with Crippen LogP contribution in [0.15, 0.2) is 12.1 Å². The maximum atomic E-state index is 13.1. The first-order chi connectivity index (χ1) is 6.97. The van der Waals surface area contributed by atoms with Crippen LogP contribution in [0.5, 0.6) is 0 Å². The molecule has 0 amide bonds. The fourth-order valence-electron chi connectivity index (χ4n) is 1.10. The molecular weight excluding hydrogens is 244 g/mol. The van der Waals surface area contributed by atoms with E-state index in [0.29, 0.717) is 0 Å². The summed E-state index contributed by atoms with van der Waals surface area (Å²) in [6.45, 7) is -0.151. The van der Waals surface area contributed by atoms with Crippen molar-refractivity contribution in [3.05, 3.63) is 33.6 Å². The van der Waals surface area contributed by atoms with E-state index in [1.807, 2.05) is 0 Å². The molecule has 0 heterocycles. The van der Waals surface area contributed by atoms with Crippen molar-refractivity contribution in [2.24, 2.45) is 5.73 Å². The number of nitrogens with two attached hydrogens (primary N) is 1. The molecule has 6 heteroatoms. The Kier molecular flexibility index (Phi) is 4.31. The zero-order chi connectivity index (χ0) is 11.6. The number of hydrogen-bond acceptors (Lipinski definition) is 3. The molecule has 2 unspecified atom stereocenters. The third-order valence-electron chi connectivity index (χ3n) is 1.96. The number of rotatable bonds is 3. The molecule has 3 nitrogen and oxygen atoms in total. The van der Waals surface area contributed by atoms with Crippen molar-refractivity contribution in [1.82, 2.24) is 0 Å². The van der Waals surface area contributed by atoms with E-state index in [0.717, 1.165) is 6.07 Å². The molecule has 84 valence electrons. The molecule has 2 atom stereocenters. The van der Waals surface area contributed by atoms with Crippen molar-refractivity contribution in [3.63, 3.8) is 0 Å². The lowest BCUT2D eigenvalue weighted by Gasteiger charge is -2.17. The second kappa shape index (κ2) is 5.09. The van der Waals surface area contributed by atoms with Gasteiger partial charge in [-0.05, 0) is 12.1 Å². The molecule has 0 aliphatic carbocycles. The minimum Gasteiger partial charge on any atom is -0.389 e. The van der Waals surface area contributed by atoms with Crippen LogP contribution in [0.1, 0.15) is 11.7 Å². The first-order valence-electron chi connectivity index (χ1n) is 4.18. The molecule has 0 saturated carbocycles. The normalized spacial score (nSPS) is 15.1. The Bertz CT molecular complexity index is 362. The van der Waals surface area contributed by atoms with Crippen LogP contribution in [0.3, 0.4) is 0 Å². The maximum Gasteiger partial charge on any atom is 0.142 e. The van der Waals surface area contributed by atoms with Gasteiger partial charge in [0.2, 0.25) is 0 Å². The third kappa shape index (κ3) is 2.80. The molecular formula is C9H10Cl2FNO2. The summed E-state index contributed by atoms with van der Waals surface area (Å²) in [5.74, 6) is -0.709. The van der Waals surface area contributed by atoms with Gasteiger partial charge in [0.05, 0.1) is 11.1 Å². The standard InChI is InChI=1S/C9H10Cl2FNO2/c10-5-2-6(11)7(12)1-4(5)9(15)8(14)3-13/h1-2,8-9,14-15H,3,13H2. The Labute approximate surface area is 96.2 Å². The molecule has 0 spiro atoms. The van der Waals surface area contributed by atoms with Crippen LogP contribution >= 0.6 is 23.2 Å². The number of hydrogen-bond donors (Lipinski definition) is 3. The van der Waals surface area contributed by atoms with Gasteiger partial charge in [0.25, 0.3) is 0 Å². The SMILES string of the molecule is NCC(O)C(O)c1cc(F)c(Cl)cc1Cl. The fourth-order valence-corrected chi connectivity index (χ4v) is 1.60. The first kappa shape index (κ1) is 12.7. The Balaban J connectivity index is 3.09. The van der Waals surface area contributed by atoms with Crippen LogP contribution in [0, 0.1) is 5.82 Å². The summed E-state index contributed by atoms with van der Waals surface area (Å²) >= 11 is 11.2. The van der Waals surface area contributed by atoms with Gasteiger partial charge in [-0.3, -0.25) is 0 Å². The molecule has 0 radical (unpaired) electrons. The van der Waals surface area contributed by atoms with Gasteiger partial charge in [-0.2, -0.15) is 0 Å². The lowest BCUT2D eigenvalue weighted by molar-refractivity contribution is 0.0242. The van der Waals surface area contributed by atoms with E-state index in [1.54, 1.807) is 0 Å². The summed E-state index contributed by atoms with van der Waals surface area (Å²) in [6, 6.07) is 2.15. The Morgan fingerprint density at radius 3 is 2.40 bits per heavy atom. The highest BCUT2D eigenvalue weighted by Gasteiger charge is 2.21. The summed E-state index contributed by atoms with van der Waals surface area (Å²) in [7, 11) is 0. The van der Waals surface area contributed by atoms with Crippen molar-refractivity contribution in [2.75, 3.05) is 6.54 Å². The minimum absolute atomic E-state index is 0.0662. The van der Waals surface area contributed by atoms with Crippen molar-refractivity contribution < 1.29 is 14.6 Å². The largest absolute Gasteiger partial charge is 0.389 e. The van der Waals surface area contributed by atoms with Crippen molar-refractivity contribution in [3.8, 4) is 0 Å². The smallest absolute Gasteiger partial charge is 0.142 e. The van der Waals surface area contributed by atoms with Gasteiger partial charge in [0.15, 0.2) is 0 Å². The van der Waals surface area contributed by atoms with E-state index >= 15 is 0 Å². The Morgan fingerprint density at radius 2 is 1.87 bits per heavy atom. The molecule has 1 aromatic rings. The summed E-state index contributed by atoms with van der Waals surface area (Å²) in [6.07, 6.45) is -2.52. The zero-order valence-electron chi connectivity index (χ0n) is 7.62. The van der Waals surface area contributed by atoms with Crippen LogP contribution in [0.4, 0.5) is 4.39 Å². The Hall–Kier alpha value is -0.390. The van der Waals surface area contributed by atoms with Gasteiger partial charge in [0.1, 0.15) is 11.9 Å². The third-order valence-corrected chi connectivity index (χ3v) is 2.58. The second-order valence-corrected chi connectivity index (χ2v) is 3.85. The number of aliphatic hydroxyl groups is 2. The van der Waals surface area contributed by atoms with E-state index < -0.39 is 18.0 Å². The number of halogens is 3. The fraction of sp³-hybridized carbons (Fsp3) is 0.333. The molecule has 0 bridgehead atoms. The molecule has 0 fully saturated rings. The molecule has 0 aliphatic rings. The van der Waals surface area contributed by atoms with Gasteiger partial charge in [-0.1, -0.05) is 23.2 Å². The molecule has 1 aromatic carbocycles. The highest BCUT2D eigenvalue weighted by atomic mass is 35.5. The molecule has 4 N–H and O–H groups in total. The summed E-state index contributed by atoms with van der Waals surface area (Å²) in [5, 5.41) is 18.8. The van der Waals surface area contributed by atoms with Gasteiger partial charge in [-0.15, -0.1) is 0 Å². The van der Waals surface area contributed by atoms with Crippen molar-refractivity contribution in [2.45, 2.75) is 12.2 Å². The van der Waals surface area contributed by atoms with Crippen LogP contribution in [0.2, 0.25) is 10.0 Å². The lowest BCUT2D eigenvalue weighted by atomic mass is 10.0. The summed E-state index contributed by atoms with van der Waals surface area (Å²) < 4.78 is 13.1. The van der Waals surface area contributed by atoms with Crippen molar-refractivity contribution >= 4 is 23.2 Å². The van der Waals surface area contributed by atoms with Crippen LogP contribution < -0.4 is 5.73 Å². The quantitative estimate of drug-likeness (QED) is 0.716. The lowest BCUT2D eigenvalue weighted by Crippen LogP contribution is -2.27. The predicted octanol–water partition coefficient (Wildman–Crippen LogP) is 1.49. The average molecular weight is 254 g/mol. The van der Waals surface area contributed by atoms with E-state index in [-0.39, 0.29) is 22.2 Å². The average Bonchev–Trinajstić information content (AvgIpc) is 2.21. The summed E-state index contributed by atoms with van der Waals surface area (Å²) in [5.41, 5.74) is 5.22. The maximum absolute atomic E-state index is 13.1. The monoisotopic (exact) mass is 253 g/mol. The highest BCUT2D eigenvalue weighted by molar-refractivity contribution is 6.35. The molecule has 0 aromatic heterocycles. The van der Waals surface area contributed by atoms with E-state index in [4.69, 9.17) is 28.9 Å². The molecule has 0 aliphatic heterocycles. The second-order valence-electron chi connectivity index (χ2n) is 3.04. The minimum atomic E-state index is -1.32. The number of aliphatic hydroxyl groups excluding tert-OH is 2. The molecule has 15 heavy (non-hydrogen) atoms. The number of benzene rings is 1. The van der Waals surface area contributed by atoms with E-state index in [2.05, 4.69) is 0 Å². The van der Waals surface area contributed by atoms with Crippen molar-refractivity contribution in [1.29, 1.82) is 0 Å². The first-order valence-corrected chi connectivity index (χ1v) is 4.93. The predicted molar refractivity (Wildman–Crippen MR) is 56.4 cm³/mol. The topological polar surface area (TPSA) is 66.5 Å². The van der Waals surface area contributed by atoms with Crippen LogP contribution in [-0.4, -0.2) is 22.9 Å². The summed E-state index contributed by atoms with van der Waals surface area (Å²) in [4.78, 5) is 0. The Morgan fingerprint density at radius 1 is 1.27 bits per heavy atom. The van der Waals surface area contributed by atoms with Gasteiger partial charge < -0.3 is 15.9 Å². The zero-order valence-corrected chi connectivity index (χ0v) is 9.13. The molecule has 1 rings (SSSR count). The van der Waals surface area contributed by atoms with Gasteiger partial charge >= 0.3 is 0 Å². The van der Waals surface area contributed by atoms with Crippen LogP contribution in [-0.2, 0) is 0 Å². The van der Waals surface area contributed by atoms with E-state index in [9.17, 15) is 14.6 Å². The van der Waals surface area contributed by atoms with Gasteiger partial charge in [0, 0.05) is 17.1 Å². The van der Waals surface area contributed by atoms with Crippen LogP contribution in [0.25, 0.3) is 0 Å². The van der Waals surface area contributed by atoms with Gasteiger partial charge in [-0.25, -0.2) is 4.39 Å².